The summed E-state index contributed by atoms with van der Waals surface area (Å²) in [4.78, 5) is 25.8. The van der Waals surface area contributed by atoms with E-state index >= 15 is 0 Å². The summed E-state index contributed by atoms with van der Waals surface area (Å²) in [6.45, 7) is 5.27. The SMILES string of the molecule is Cc1ccc(F)c(-c2ccc(N)c(C(=O)Nc3cnccc3[C@H]3C[C@@H](O)[C@](C)(O)[C@@H](C)C3)n2)n1. The van der Waals surface area contributed by atoms with Crippen LogP contribution in [-0.2, 0) is 0 Å². The van der Waals surface area contributed by atoms with E-state index in [4.69, 9.17) is 5.73 Å². The summed E-state index contributed by atoms with van der Waals surface area (Å²) in [5.74, 6) is -1.36. The molecule has 1 amide bonds. The summed E-state index contributed by atoms with van der Waals surface area (Å²) in [6.07, 6.45) is 3.22. The first kappa shape index (κ1) is 23.7. The molecular formula is C25H28FN5O3. The molecule has 0 saturated heterocycles. The molecule has 3 heterocycles. The molecule has 5 N–H and O–H groups in total. The van der Waals surface area contributed by atoms with Gasteiger partial charge in [-0.2, -0.15) is 0 Å². The number of hydrogen-bond acceptors (Lipinski definition) is 7. The highest BCUT2D eigenvalue weighted by Crippen LogP contribution is 2.43. The van der Waals surface area contributed by atoms with Crippen LogP contribution in [0.4, 0.5) is 15.8 Å². The van der Waals surface area contributed by atoms with Crippen molar-refractivity contribution in [2.45, 2.75) is 51.2 Å². The molecule has 1 aliphatic rings. The first-order valence-electron chi connectivity index (χ1n) is 11.1. The van der Waals surface area contributed by atoms with Gasteiger partial charge in [0.25, 0.3) is 5.91 Å². The lowest BCUT2D eigenvalue weighted by atomic mass is 9.69. The zero-order chi connectivity index (χ0) is 24.6. The number of nitrogens with two attached hydrogens (primary N) is 1. The predicted octanol–water partition coefficient (Wildman–Crippen LogP) is 3.45. The Hall–Kier alpha value is -3.43. The maximum atomic E-state index is 14.3. The van der Waals surface area contributed by atoms with Gasteiger partial charge in [0.1, 0.15) is 5.69 Å². The van der Waals surface area contributed by atoms with Crippen molar-refractivity contribution in [1.82, 2.24) is 15.0 Å². The third kappa shape index (κ3) is 4.49. The predicted molar refractivity (Wildman–Crippen MR) is 127 cm³/mol. The van der Waals surface area contributed by atoms with Crippen LogP contribution < -0.4 is 11.1 Å². The van der Waals surface area contributed by atoms with Crippen LogP contribution in [0.5, 0.6) is 0 Å². The molecule has 0 aromatic carbocycles. The lowest BCUT2D eigenvalue weighted by Crippen LogP contribution is -2.49. The van der Waals surface area contributed by atoms with E-state index in [9.17, 15) is 19.4 Å². The molecule has 8 nitrogen and oxygen atoms in total. The number of carbonyl (C=O) groups excluding carboxylic acids is 1. The largest absolute Gasteiger partial charge is 0.397 e. The number of pyridine rings is 3. The molecule has 9 heteroatoms. The molecular weight excluding hydrogens is 437 g/mol. The van der Waals surface area contributed by atoms with Crippen molar-refractivity contribution in [3.05, 3.63) is 65.5 Å². The van der Waals surface area contributed by atoms with Crippen molar-refractivity contribution in [2.75, 3.05) is 11.1 Å². The standard InChI is InChI=1S/C25H28FN5O3/c1-13-10-15(11-21(32)25(13,3)34)16-8-9-28-12-20(16)31-24(33)23-18(27)6-7-19(30-23)22-17(26)5-4-14(2)29-22/h4-9,12-13,15,21,32,34H,10-11,27H2,1-3H3,(H,31,33)/t13-,15+,21+,25+/m0/s1. The third-order valence-corrected chi connectivity index (χ3v) is 6.73. The molecule has 34 heavy (non-hydrogen) atoms. The van der Waals surface area contributed by atoms with Crippen molar-refractivity contribution in [2.24, 2.45) is 5.92 Å². The normalized spacial score (nSPS) is 24.6. The molecule has 3 aromatic heterocycles. The van der Waals surface area contributed by atoms with E-state index in [2.05, 4.69) is 20.3 Å². The number of rotatable bonds is 4. The minimum atomic E-state index is -1.18. The first-order valence-corrected chi connectivity index (χ1v) is 11.1. The van der Waals surface area contributed by atoms with Gasteiger partial charge in [0.15, 0.2) is 11.5 Å². The second-order valence-electron chi connectivity index (χ2n) is 9.15. The van der Waals surface area contributed by atoms with Gasteiger partial charge in [-0.25, -0.2) is 14.4 Å². The van der Waals surface area contributed by atoms with Gasteiger partial charge in [-0.1, -0.05) is 6.92 Å². The smallest absolute Gasteiger partial charge is 0.276 e. The van der Waals surface area contributed by atoms with E-state index < -0.39 is 23.4 Å². The minimum Gasteiger partial charge on any atom is -0.397 e. The van der Waals surface area contributed by atoms with Gasteiger partial charge in [-0.05, 0) is 74.4 Å². The number of amides is 1. The number of anilines is 2. The molecule has 3 aromatic rings. The zero-order valence-corrected chi connectivity index (χ0v) is 19.3. The van der Waals surface area contributed by atoms with Crippen LogP contribution in [0.2, 0.25) is 0 Å². The number of carbonyl (C=O) groups is 1. The summed E-state index contributed by atoms with van der Waals surface area (Å²) in [5.41, 5.74) is 7.03. The summed E-state index contributed by atoms with van der Waals surface area (Å²) < 4.78 is 14.3. The Kier molecular flexibility index (Phi) is 6.33. The monoisotopic (exact) mass is 465 g/mol. The molecule has 0 radical (unpaired) electrons. The number of aryl methyl sites for hydroxylation is 1. The Morgan fingerprint density at radius 2 is 1.97 bits per heavy atom. The summed E-state index contributed by atoms with van der Waals surface area (Å²) in [5, 5.41) is 23.8. The summed E-state index contributed by atoms with van der Waals surface area (Å²) in [6, 6.07) is 7.65. The number of aromatic nitrogens is 3. The van der Waals surface area contributed by atoms with Crippen molar-refractivity contribution in [3.8, 4) is 11.4 Å². The Labute approximate surface area is 197 Å². The van der Waals surface area contributed by atoms with Crippen LogP contribution in [0.25, 0.3) is 11.4 Å². The minimum absolute atomic E-state index is 0.0355. The van der Waals surface area contributed by atoms with E-state index in [1.54, 1.807) is 32.2 Å². The van der Waals surface area contributed by atoms with Gasteiger partial charge in [-0.15, -0.1) is 0 Å². The molecule has 0 aliphatic heterocycles. The Morgan fingerprint density at radius 1 is 1.21 bits per heavy atom. The Morgan fingerprint density at radius 3 is 2.71 bits per heavy atom. The van der Waals surface area contributed by atoms with Crippen LogP contribution in [0.15, 0.2) is 42.7 Å². The second kappa shape index (κ2) is 9.08. The van der Waals surface area contributed by atoms with E-state index in [0.29, 0.717) is 24.2 Å². The van der Waals surface area contributed by atoms with Gasteiger partial charge in [0.2, 0.25) is 0 Å². The number of nitrogen functional groups attached to an aromatic ring is 1. The van der Waals surface area contributed by atoms with Crippen molar-refractivity contribution < 1.29 is 19.4 Å². The fourth-order valence-corrected chi connectivity index (χ4v) is 4.40. The van der Waals surface area contributed by atoms with E-state index in [-0.39, 0.29) is 34.6 Å². The van der Waals surface area contributed by atoms with Gasteiger partial charge >= 0.3 is 0 Å². The number of halogens is 1. The van der Waals surface area contributed by atoms with Crippen LogP contribution >= 0.6 is 0 Å². The summed E-state index contributed by atoms with van der Waals surface area (Å²) in [7, 11) is 0. The number of aliphatic hydroxyl groups is 2. The highest BCUT2D eigenvalue weighted by Gasteiger charge is 2.43. The van der Waals surface area contributed by atoms with Crippen LogP contribution in [-0.4, -0.2) is 42.8 Å². The zero-order valence-electron chi connectivity index (χ0n) is 19.3. The number of aliphatic hydroxyl groups excluding tert-OH is 1. The average Bonchev–Trinajstić information content (AvgIpc) is 2.80. The van der Waals surface area contributed by atoms with Crippen molar-refractivity contribution in [1.29, 1.82) is 0 Å². The average molecular weight is 466 g/mol. The molecule has 1 fully saturated rings. The molecule has 0 spiro atoms. The van der Waals surface area contributed by atoms with E-state index in [1.807, 2.05) is 6.92 Å². The lowest BCUT2D eigenvalue weighted by Gasteiger charge is -2.43. The van der Waals surface area contributed by atoms with Gasteiger partial charge < -0.3 is 21.3 Å². The van der Waals surface area contributed by atoms with E-state index in [1.165, 1.54) is 24.4 Å². The van der Waals surface area contributed by atoms with E-state index in [0.717, 1.165) is 5.56 Å². The molecule has 4 atom stereocenters. The number of nitrogens with zero attached hydrogens (tertiary/aromatic N) is 3. The van der Waals surface area contributed by atoms with Gasteiger partial charge in [-0.3, -0.25) is 9.78 Å². The van der Waals surface area contributed by atoms with Gasteiger partial charge in [0.05, 0.1) is 35.0 Å². The first-order chi connectivity index (χ1) is 16.1. The highest BCUT2D eigenvalue weighted by atomic mass is 19.1. The Bertz CT molecular complexity index is 1220. The molecule has 1 saturated carbocycles. The molecule has 0 bridgehead atoms. The fourth-order valence-electron chi connectivity index (χ4n) is 4.40. The lowest BCUT2D eigenvalue weighted by molar-refractivity contribution is -0.123. The molecule has 1 aliphatic carbocycles. The highest BCUT2D eigenvalue weighted by molar-refractivity contribution is 6.06. The number of hydrogen-bond donors (Lipinski definition) is 4. The topological polar surface area (TPSA) is 134 Å². The van der Waals surface area contributed by atoms with Crippen molar-refractivity contribution >= 4 is 17.3 Å². The van der Waals surface area contributed by atoms with Crippen LogP contribution in [0.1, 0.15) is 54.4 Å². The Balaban J connectivity index is 1.63. The molecule has 178 valence electrons. The maximum Gasteiger partial charge on any atom is 0.276 e. The molecule has 4 rings (SSSR count). The molecule has 0 unspecified atom stereocenters. The van der Waals surface area contributed by atoms with Crippen molar-refractivity contribution in [3.63, 3.8) is 0 Å². The quantitative estimate of drug-likeness (QED) is 0.464. The maximum absolute atomic E-state index is 14.3. The second-order valence-corrected chi connectivity index (χ2v) is 9.15. The van der Waals surface area contributed by atoms with Crippen LogP contribution in [0.3, 0.4) is 0 Å². The van der Waals surface area contributed by atoms with Crippen LogP contribution in [0, 0.1) is 18.7 Å². The summed E-state index contributed by atoms with van der Waals surface area (Å²) >= 11 is 0. The van der Waals surface area contributed by atoms with Gasteiger partial charge in [0, 0.05) is 11.9 Å². The fraction of sp³-hybridized carbons (Fsp3) is 0.360. The number of nitrogens with one attached hydrogen (secondary N) is 1. The third-order valence-electron chi connectivity index (χ3n) is 6.73.